The molecular weight excluding hydrogens is 248 g/mol. The molecule has 0 spiro atoms. The molecule has 0 heterocycles. The van der Waals surface area contributed by atoms with E-state index in [-0.39, 0.29) is 5.41 Å². The Morgan fingerprint density at radius 1 is 1.00 bits per heavy atom. The van der Waals surface area contributed by atoms with Crippen molar-refractivity contribution in [2.24, 2.45) is 10.9 Å². The summed E-state index contributed by atoms with van der Waals surface area (Å²) in [6.07, 6.45) is 1.58. The van der Waals surface area contributed by atoms with Gasteiger partial charge in [-0.1, -0.05) is 45.0 Å². The van der Waals surface area contributed by atoms with Crippen molar-refractivity contribution >= 4 is 6.21 Å². The van der Waals surface area contributed by atoms with Crippen molar-refractivity contribution < 1.29 is 4.74 Å². The molecule has 104 valence electrons. The molecule has 0 bridgehead atoms. The van der Waals surface area contributed by atoms with Gasteiger partial charge in [0.1, 0.15) is 11.5 Å². The zero-order chi connectivity index (χ0) is 14.6. The van der Waals surface area contributed by atoms with Gasteiger partial charge in [0.2, 0.25) is 0 Å². The summed E-state index contributed by atoms with van der Waals surface area (Å²) < 4.78 is 5.88. The van der Waals surface area contributed by atoms with E-state index in [0.29, 0.717) is 0 Å². The van der Waals surface area contributed by atoms with Crippen molar-refractivity contribution in [1.82, 2.24) is 0 Å². The Morgan fingerprint density at radius 3 is 2.25 bits per heavy atom. The van der Waals surface area contributed by atoms with E-state index in [0.717, 1.165) is 17.1 Å². The second kappa shape index (κ2) is 5.78. The van der Waals surface area contributed by atoms with Crippen molar-refractivity contribution in [2.75, 3.05) is 0 Å². The highest BCUT2D eigenvalue weighted by Gasteiger charge is 2.13. The number of para-hydroxylation sites is 1. The van der Waals surface area contributed by atoms with Crippen LogP contribution in [0.2, 0.25) is 0 Å². The highest BCUT2D eigenvalue weighted by atomic mass is 16.5. The zero-order valence-electron chi connectivity index (χ0n) is 12.1. The Balaban J connectivity index is 2.23. The van der Waals surface area contributed by atoms with E-state index in [1.54, 1.807) is 6.21 Å². The number of ether oxygens (including phenoxy) is 1. The molecule has 20 heavy (non-hydrogen) atoms. The first-order valence-corrected chi connectivity index (χ1v) is 6.61. The van der Waals surface area contributed by atoms with Crippen LogP contribution in [0.4, 0.5) is 0 Å². The molecule has 2 N–H and O–H groups in total. The molecule has 3 heteroatoms. The van der Waals surface area contributed by atoms with E-state index in [9.17, 15) is 0 Å². The third-order valence-corrected chi connectivity index (χ3v) is 3.08. The van der Waals surface area contributed by atoms with Crippen molar-refractivity contribution in [3.63, 3.8) is 0 Å². The lowest BCUT2D eigenvalue weighted by Gasteiger charge is -2.19. The van der Waals surface area contributed by atoms with Crippen molar-refractivity contribution in [1.29, 1.82) is 0 Å². The lowest BCUT2D eigenvalue weighted by atomic mass is 9.87. The maximum absolute atomic E-state index is 5.88. The summed E-state index contributed by atoms with van der Waals surface area (Å²) in [6.45, 7) is 6.57. The number of hydrazone groups is 1. The number of hydrogen-bond acceptors (Lipinski definition) is 3. The molecule has 0 fully saturated rings. The van der Waals surface area contributed by atoms with Crippen LogP contribution in [0.25, 0.3) is 0 Å². The molecule has 0 radical (unpaired) electrons. The molecule has 2 aromatic rings. The lowest BCUT2D eigenvalue weighted by Crippen LogP contribution is -2.10. The summed E-state index contributed by atoms with van der Waals surface area (Å²) in [5.41, 5.74) is 2.28. The fraction of sp³-hybridized carbons (Fsp3) is 0.235. The van der Waals surface area contributed by atoms with Gasteiger partial charge in [-0.3, -0.25) is 0 Å². The van der Waals surface area contributed by atoms with Gasteiger partial charge in [-0.25, -0.2) is 0 Å². The molecule has 3 nitrogen and oxygen atoms in total. The van der Waals surface area contributed by atoms with Gasteiger partial charge in [0.05, 0.1) is 6.21 Å². The van der Waals surface area contributed by atoms with E-state index in [1.165, 1.54) is 5.56 Å². The minimum Gasteiger partial charge on any atom is -0.457 e. The summed E-state index contributed by atoms with van der Waals surface area (Å²) in [7, 11) is 0. The smallest absolute Gasteiger partial charge is 0.136 e. The van der Waals surface area contributed by atoms with Crippen LogP contribution in [0.5, 0.6) is 11.5 Å². The molecule has 0 saturated carbocycles. The monoisotopic (exact) mass is 268 g/mol. The zero-order valence-corrected chi connectivity index (χ0v) is 12.1. The third-order valence-electron chi connectivity index (χ3n) is 3.08. The average molecular weight is 268 g/mol. The van der Waals surface area contributed by atoms with Gasteiger partial charge < -0.3 is 10.6 Å². The molecule has 0 aliphatic heterocycles. The van der Waals surface area contributed by atoms with Crippen LogP contribution in [0, 0.1) is 0 Å². The van der Waals surface area contributed by atoms with E-state index < -0.39 is 0 Å². The van der Waals surface area contributed by atoms with Crippen LogP contribution in [0.15, 0.2) is 53.6 Å². The predicted molar refractivity (Wildman–Crippen MR) is 83.4 cm³/mol. The highest BCUT2D eigenvalue weighted by Crippen LogP contribution is 2.28. The number of nitrogens with two attached hydrogens (primary N) is 1. The summed E-state index contributed by atoms with van der Waals surface area (Å²) in [5, 5.41) is 3.55. The standard InChI is InChI=1S/C17H20N2O/c1-17(2,3)14-8-10-15(11-9-14)20-16-7-5-4-6-13(16)12-19-18/h4-12H,18H2,1-3H3. The van der Waals surface area contributed by atoms with Crippen molar-refractivity contribution in [3.8, 4) is 11.5 Å². The molecule has 0 saturated heterocycles. The van der Waals surface area contributed by atoms with Crippen LogP contribution >= 0.6 is 0 Å². The second-order valence-electron chi connectivity index (χ2n) is 5.69. The van der Waals surface area contributed by atoms with Crippen LogP contribution in [0.1, 0.15) is 31.9 Å². The van der Waals surface area contributed by atoms with E-state index >= 15 is 0 Å². The van der Waals surface area contributed by atoms with E-state index in [2.05, 4.69) is 38.0 Å². The van der Waals surface area contributed by atoms with Gasteiger partial charge >= 0.3 is 0 Å². The van der Waals surface area contributed by atoms with Crippen molar-refractivity contribution in [2.45, 2.75) is 26.2 Å². The quantitative estimate of drug-likeness (QED) is 0.518. The maximum Gasteiger partial charge on any atom is 0.136 e. The first-order valence-electron chi connectivity index (χ1n) is 6.61. The fourth-order valence-electron chi connectivity index (χ4n) is 1.91. The molecule has 2 aromatic carbocycles. The first kappa shape index (κ1) is 14.1. The van der Waals surface area contributed by atoms with Gasteiger partial charge in [-0.05, 0) is 35.2 Å². The van der Waals surface area contributed by atoms with Crippen LogP contribution in [0.3, 0.4) is 0 Å². The van der Waals surface area contributed by atoms with Gasteiger partial charge in [-0.2, -0.15) is 5.10 Å². The number of hydrogen-bond donors (Lipinski definition) is 1. The molecule has 0 aliphatic rings. The molecular formula is C17H20N2O. The third kappa shape index (κ3) is 3.38. The number of benzene rings is 2. The van der Waals surface area contributed by atoms with Crippen LogP contribution in [-0.2, 0) is 5.41 Å². The van der Waals surface area contributed by atoms with Crippen LogP contribution in [-0.4, -0.2) is 6.21 Å². The predicted octanol–water partition coefficient (Wildman–Crippen LogP) is 4.07. The highest BCUT2D eigenvalue weighted by molar-refractivity contribution is 5.83. The Morgan fingerprint density at radius 2 is 1.65 bits per heavy atom. The largest absolute Gasteiger partial charge is 0.457 e. The normalized spacial score (nSPS) is 11.8. The van der Waals surface area contributed by atoms with E-state index in [4.69, 9.17) is 10.6 Å². The second-order valence-corrected chi connectivity index (χ2v) is 5.69. The van der Waals surface area contributed by atoms with E-state index in [1.807, 2.05) is 36.4 Å². The topological polar surface area (TPSA) is 47.6 Å². The minimum atomic E-state index is 0.142. The fourth-order valence-corrected chi connectivity index (χ4v) is 1.91. The molecule has 0 atom stereocenters. The molecule has 2 rings (SSSR count). The average Bonchev–Trinajstić information content (AvgIpc) is 2.41. The molecule has 0 aromatic heterocycles. The number of rotatable bonds is 3. The Bertz CT molecular complexity index is 595. The number of nitrogens with zero attached hydrogens (tertiary/aromatic N) is 1. The van der Waals surface area contributed by atoms with Gasteiger partial charge in [0.25, 0.3) is 0 Å². The summed E-state index contributed by atoms with van der Waals surface area (Å²) >= 11 is 0. The SMILES string of the molecule is CC(C)(C)c1ccc(Oc2ccccc2C=NN)cc1. The molecule has 0 aliphatic carbocycles. The minimum absolute atomic E-state index is 0.142. The van der Waals surface area contributed by atoms with Crippen LogP contribution < -0.4 is 10.6 Å². The van der Waals surface area contributed by atoms with Crippen molar-refractivity contribution in [3.05, 3.63) is 59.7 Å². The van der Waals surface area contributed by atoms with Gasteiger partial charge in [-0.15, -0.1) is 0 Å². The summed E-state index contributed by atoms with van der Waals surface area (Å²) in [5.74, 6) is 6.75. The summed E-state index contributed by atoms with van der Waals surface area (Å²) in [4.78, 5) is 0. The Hall–Kier alpha value is -2.29. The maximum atomic E-state index is 5.88. The molecule has 0 amide bonds. The van der Waals surface area contributed by atoms with Gasteiger partial charge in [0.15, 0.2) is 0 Å². The Kier molecular flexibility index (Phi) is 4.08. The Labute approximate surface area is 120 Å². The molecule has 0 unspecified atom stereocenters. The van der Waals surface area contributed by atoms with Gasteiger partial charge in [0, 0.05) is 5.56 Å². The first-order chi connectivity index (χ1) is 9.50. The lowest BCUT2D eigenvalue weighted by molar-refractivity contribution is 0.480. The summed E-state index contributed by atoms with van der Waals surface area (Å²) in [6, 6.07) is 15.8.